The van der Waals surface area contributed by atoms with Crippen LogP contribution in [0.15, 0.2) is 57.0 Å². The summed E-state index contributed by atoms with van der Waals surface area (Å²) < 4.78 is 17.1. The Hall–Kier alpha value is -2.63. The van der Waals surface area contributed by atoms with Crippen LogP contribution in [-0.4, -0.2) is 25.2 Å². The molecule has 0 radical (unpaired) electrons. The summed E-state index contributed by atoms with van der Waals surface area (Å²) in [5, 5.41) is 9.09. The maximum Gasteiger partial charge on any atom is 0.349 e. The van der Waals surface area contributed by atoms with Crippen LogP contribution in [0.5, 0.6) is 11.5 Å². The van der Waals surface area contributed by atoms with Gasteiger partial charge in [0.2, 0.25) is 0 Å². The number of ether oxygens (including phenoxy) is 3. The van der Waals surface area contributed by atoms with Crippen LogP contribution in [0.4, 0.5) is 0 Å². The number of benzene rings is 2. The first kappa shape index (κ1) is 21.7. The highest BCUT2D eigenvalue weighted by atomic mass is 79.9. The summed E-state index contributed by atoms with van der Waals surface area (Å²) in [5.74, 6) is -0.536. The second kappa shape index (κ2) is 10.6. The quantitative estimate of drug-likeness (QED) is 0.234. The zero-order valence-corrected chi connectivity index (χ0v) is 17.9. The molecule has 6 nitrogen and oxygen atoms in total. The van der Waals surface area contributed by atoms with Crippen molar-refractivity contribution in [3.63, 3.8) is 0 Å². The Morgan fingerprint density at radius 2 is 1.96 bits per heavy atom. The van der Waals surface area contributed by atoms with E-state index in [2.05, 4.69) is 31.9 Å². The van der Waals surface area contributed by atoms with Crippen molar-refractivity contribution >= 4 is 49.9 Å². The van der Waals surface area contributed by atoms with Gasteiger partial charge in [-0.3, -0.25) is 0 Å². The van der Waals surface area contributed by atoms with E-state index in [4.69, 9.17) is 19.5 Å². The number of nitrogens with zero attached hydrogens (tertiary/aromatic N) is 1. The number of halogens is 2. The molecule has 0 bridgehead atoms. The van der Waals surface area contributed by atoms with Gasteiger partial charge in [0.25, 0.3) is 0 Å². The van der Waals surface area contributed by atoms with Crippen molar-refractivity contribution in [1.82, 2.24) is 0 Å². The maximum absolute atomic E-state index is 12.0. The highest BCUT2D eigenvalue weighted by molar-refractivity contribution is 9.11. The van der Waals surface area contributed by atoms with Gasteiger partial charge in [0.15, 0.2) is 6.61 Å². The summed E-state index contributed by atoms with van der Waals surface area (Å²) in [4.78, 5) is 23.7. The SMILES string of the molecule is CCOC(=O)/C(C#N)=C/c1cccc(OC(=O)COc2ccc(Br)cc2Br)c1. The zero-order valence-electron chi connectivity index (χ0n) is 14.8. The van der Waals surface area contributed by atoms with E-state index in [1.807, 2.05) is 0 Å². The molecule has 28 heavy (non-hydrogen) atoms. The van der Waals surface area contributed by atoms with Crippen LogP contribution in [0, 0.1) is 11.3 Å². The van der Waals surface area contributed by atoms with E-state index in [0.717, 1.165) is 4.47 Å². The zero-order chi connectivity index (χ0) is 20.5. The Bertz CT molecular complexity index is 950. The minimum absolute atomic E-state index is 0.145. The van der Waals surface area contributed by atoms with Crippen molar-refractivity contribution in [2.75, 3.05) is 13.2 Å². The van der Waals surface area contributed by atoms with Crippen LogP contribution in [0.1, 0.15) is 12.5 Å². The molecule has 2 rings (SSSR count). The first-order chi connectivity index (χ1) is 13.4. The fraction of sp³-hybridized carbons (Fsp3) is 0.150. The highest BCUT2D eigenvalue weighted by Gasteiger charge is 2.11. The lowest BCUT2D eigenvalue weighted by Gasteiger charge is -2.09. The largest absolute Gasteiger partial charge is 0.481 e. The first-order valence-electron chi connectivity index (χ1n) is 8.10. The van der Waals surface area contributed by atoms with Gasteiger partial charge >= 0.3 is 11.9 Å². The molecule has 0 spiro atoms. The lowest BCUT2D eigenvalue weighted by atomic mass is 10.1. The summed E-state index contributed by atoms with van der Waals surface area (Å²) in [5.41, 5.74) is 0.375. The molecular formula is C20H15Br2NO5. The fourth-order valence-electron chi connectivity index (χ4n) is 2.07. The van der Waals surface area contributed by atoms with Crippen molar-refractivity contribution in [2.45, 2.75) is 6.92 Å². The summed E-state index contributed by atoms with van der Waals surface area (Å²) in [6.07, 6.45) is 1.37. The normalized spacial score (nSPS) is 10.7. The summed E-state index contributed by atoms with van der Waals surface area (Å²) in [6.45, 7) is 1.54. The second-order valence-electron chi connectivity index (χ2n) is 5.30. The van der Waals surface area contributed by atoms with E-state index in [1.165, 1.54) is 12.1 Å². The van der Waals surface area contributed by atoms with Gasteiger partial charge < -0.3 is 14.2 Å². The van der Waals surface area contributed by atoms with E-state index < -0.39 is 11.9 Å². The average molecular weight is 509 g/mol. The van der Waals surface area contributed by atoms with Crippen molar-refractivity contribution in [2.24, 2.45) is 0 Å². The highest BCUT2D eigenvalue weighted by Crippen LogP contribution is 2.28. The monoisotopic (exact) mass is 507 g/mol. The maximum atomic E-state index is 12.0. The minimum Gasteiger partial charge on any atom is -0.481 e. The van der Waals surface area contributed by atoms with Gasteiger partial charge in [-0.15, -0.1) is 0 Å². The average Bonchev–Trinajstić information content (AvgIpc) is 2.66. The number of esters is 2. The van der Waals surface area contributed by atoms with Crippen LogP contribution in [0.3, 0.4) is 0 Å². The molecule has 0 saturated heterocycles. The predicted molar refractivity (Wildman–Crippen MR) is 110 cm³/mol. The van der Waals surface area contributed by atoms with Gasteiger partial charge in [0.05, 0.1) is 11.1 Å². The number of hydrogen-bond acceptors (Lipinski definition) is 6. The van der Waals surface area contributed by atoms with Gasteiger partial charge in [0, 0.05) is 4.47 Å². The third-order valence-electron chi connectivity index (χ3n) is 3.26. The number of hydrogen-bond donors (Lipinski definition) is 0. The molecule has 8 heteroatoms. The molecule has 0 unspecified atom stereocenters. The molecule has 0 atom stereocenters. The van der Waals surface area contributed by atoms with Crippen molar-refractivity contribution < 1.29 is 23.8 Å². The van der Waals surface area contributed by atoms with Crippen molar-refractivity contribution in [3.8, 4) is 17.6 Å². The van der Waals surface area contributed by atoms with E-state index in [-0.39, 0.29) is 24.5 Å². The topological polar surface area (TPSA) is 85.6 Å². The fourth-order valence-corrected chi connectivity index (χ4v) is 3.23. The Balaban J connectivity index is 2.02. The van der Waals surface area contributed by atoms with Gasteiger partial charge in [-0.2, -0.15) is 5.26 Å². The first-order valence-corrected chi connectivity index (χ1v) is 9.69. The number of carbonyl (C=O) groups excluding carboxylic acids is 2. The molecule has 2 aromatic carbocycles. The third-order valence-corrected chi connectivity index (χ3v) is 4.37. The van der Waals surface area contributed by atoms with Crippen LogP contribution in [0.2, 0.25) is 0 Å². The standard InChI is InChI=1S/C20H15Br2NO5/c1-2-26-20(25)14(11-23)8-13-4-3-5-16(9-13)28-19(24)12-27-18-7-6-15(21)10-17(18)22/h3-10H,2,12H2,1H3/b14-8+. The predicted octanol–water partition coefficient (Wildman–Crippen LogP) is 4.67. The van der Waals surface area contributed by atoms with E-state index in [1.54, 1.807) is 49.4 Å². The Kier molecular flexibility index (Phi) is 8.23. The van der Waals surface area contributed by atoms with Crippen molar-refractivity contribution in [1.29, 1.82) is 5.26 Å². The second-order valence-corrected chi connectivity index (χ2v) is 7.07. The number of carbonyl (C=O) groups is 2. The van der Waals surface area contributed by atoms with Gasteiger partial charge in [-0.25, -0.2) is 9.59 Å². The molecule has 0 fully saturated rings. The molecule has 0 heterocycles. The lowest BCUT2D eigenvalue weighted by Crippen LogP contribution is -2.17. The molecule has 0 aliphatic carbocycles. The molecule has 2 aromatic rings. The number of nitriles is 1. The minimum atomic E-state index is -0.708. The number of rotatable bonds is 7. The molecule has 0 aliphatic rings. The van der Waals surface area contributed by atoms with E-state index >= 15 is 0 Å². The molecule has 0 N–H and O–H groups in total. The van der Waals surface area contributed by atoms with Crippen LogP contribution in [-0.2, 0) is 14.3 Å². The molecule has 0 saturated carbocycles. The van der Waals surface area contributed by atoms with Crippen LogP contribution >= 0.6 is 31.9 Å². The third kappa shape index (κ3) is 6.51. The Morgan fingerprint density at radius 1 is 1.18 bits per heavy atom. The molecule has 0 aliphatic heterocycles. The molecular weight excluding hydrogens is 494 g/mol. The molecule has 0 aromatic heterocycles. The smallest absolute Gasteiger partial charge is 0.349 e. The molecule has 144 valence electrons. The summed E-state index contributed by atoms with van der Waals surface area (Å²) >= 11 is 6.68. The van der Waals surface area contributed by atoms with E-state index in [9.17, 15) is 9.59 Å². The lowest BCUT2D eigenvalue weighted by molar-refractivity contribution is -0.138. The summed E-state index contributed by atoms with van der Waals surface area (Å²) in [6, 6.07) is 13.5. The van der Waals surface area contributed by atoms with Crippen LogP contribution < -0.4 is 9.47 Å². The Labute approximate surface area is 179 Å². The van der Waals surface area contributed by atoms with Gasteiger partial charge in [-0.1, -0.05) is 28.1 Å². The van der Waals surface area contributed by atoms with Crippen LogP contribution in [0.25, 0.3) is 6.08 Å². The van der Waals surface area contributed by atoms with Gasteiger partial charge in [0.1, 0.15) is 23.1 Å². The van der Waals surface area contributed by atoms with Crippen molar-refractivity contribution in [3.05, 3.63) is 62.5 Å². The van der Waals surface area contributed by atoms with Gasteiger partial charge in [-0.05, 0) is 64.8 Å². The molecule has 0 amide bonds. The Morgan fingerprint density at radius 3 is 2.64 bits per heavy atom. The van der Waals surface area contributed by atoms with E-state index in [0.29, 0.717) is 15.8 Å². The summed E-state index contributed by atoms with van der Waals surface area (Å²) in [7, 11) is 0.